The number of carbonyl (C=O) groups excluding carboxylic acids is 1. The molecule has 0 saturated carbocycles. The summed E-state index contributed by atoms with van der Waals surface area (Å²) < 4.78 is 24.5. The molecule has 0 atom stereocenters. The number of carbonyl (C=O) groups is 1. The number of benzene rings is 2. The summed E-state index contributed by atoms with van der Waals surface area (Å²) >= 11 is 0. The van der Waals surface area contributed by atoms with Crippen LogP contribution < -0.4 is 25.4 Å². The Morgan fingerprint density at radius 1 is 1.10 bits per heavy atom. The summed E-state index contributed by atoms with van der Waals surface area (Å²) in [6, 6.07) is 11.4. The Hall–Kier alpha value is -2.56. The first-order chi connectivity index (χ1) is 14.1. The zero-order chi connectivity index (χ0) is 21.1. The fourth-order valence-corrected chi connectivity index (χ4v) is 2.54. The molecule has 30 heavy (non-hydrogen) atoms. The number of guanidine groups is 1. The molecule has 0 fully saturated rings. The molecule has 3 N–H and O–H groups in total. The Morgan fingerprint density at radius 2 is 1.87 bits per heavy atom. The number of halogens is 2. The van der Waals surface area contributed by atoms with E-state index in [1.54, 1.807) is 19.2 Å². The minimum absolute atomic E-state index is 0. The maximum atomic E-state index is 13.6. The second kappa shape index (κ2) is 13.6. The smallest absolute Gasteiger partial charge is 0.254 e. The molecule has 164 valence electrons. The van der Waals surface area contributed by atoms with Gasteiger partial charge >= 0.3 is 0 Å². The molecule has 0 saturated heterocycles. The number of rotatable bonds is 9. The van der Waals surface area contributed by atoms with Crippen molar-refractivity contribution in [1.82, 2.24) is 10.6 Å². The van der Waals surface area contributed by atoms with Gasteiger partial charge in [-0.05, 0) is 38.1 Å². The van der Waals surface area contributed by atoms with Crippen molar-refractivity contribution < 1.29 is 18.7 Å². The van der Waals surface area contributed by atoms with Gasteiger partial charge in [0.05, 0.1) is 25.8 Å². The molecule has 7 nitrogen and oxygen atoms in total. The quantitative estimate of drug-likeness (QED) is 0.200. The number of nitrogens with zero attached hydrogens (tertiary/aromatic N) is 1. The highest BCUT2D eigenvalue weighted by atomic mass is 127. The van der Waals surface area contributed by atoms with Crippen molar-refractivity contribution in [2.24, 2.45) is 4.99 Å². The van der Waals surface area contributed by atoms with Gasteiger partial charge in [-0.15, -0.1) is 24.0 Å². The highest BCUT2D eigenvalue weighted by Crippen LogP contribution is 2.30. The van der Waals surface area contributed by atoms with E-state index in [-0.39, 0.29) is 36.1 Å². The summed E-state index contributed by atoms with van der Waals surface area (Å²) in [6.45, 7) is 5.65. The van der Waals surface area contributed by atoms with Crippen LogP contribution in [0.5, 0.6) is 11.5 Å². The number of hydrogen-bond donors (Lipinski definition) is 3. The van der Waals surface area contributed by atoms with Crippen LogP contribution in [-0.4, -0.2) is 45.2 Å². The topological polar surface area (TPSA) is 84.0 Å². The van der Waals surface area contributed by atoms with Crippen molar-refractivity contribution in [3.63, 3.8) is 0 Å². The summed E-state index contributed by atoms with van der Waals surface area (Å²) in [5.74, 6) is 0.823. The van der Waals surface area contributed by atoms with Crippen molar-refractivity contribution in [2.75, 3.05) is 38.7 Å². The van der Waals surface area contributed by atoms with Crippen LogP contribution in [0.2, 0.25) is 0 Å². The molecule has 2 rings (SSSR count). The van der Waals surface area contributed by atoms with Crippen LogP contribution in [-0.2, 0) is 0 Å². The van der Waals surface area contributed by atoms with Gasteiger partial charge in [0, 0.05) is 24.8 Å². The molecule has 1 amide bonds. The predicted molar refractivity (Wildman–Crippen MR) is 128 cm³/mol. The number of ether oxygens (including phenoxy) is 2. The van der Waals surface area contributed by atoms with Gasteiger partial charge in [-0.2, -0.15) is 0 Å². The third-order valence-electron chi connectivity index (χ3n) is 3.86. The number of hydrogen-bond acceptors (Lipinski definition) is 4. The molecule has 0 radical (unpaired) electrons. The third-order valence-corrected chi connectivity index (χ3v) is 3.86. The predicted octanol–water partition coefficient (Wildman–Crippen LogP) is 3.66. The highest BCUT2D eigenvalue weighted by molar-refractivity contribution is 14.0. The van der Waals surface area contributed by atoms with Crippen molar-refractivity contribution in [2.45, 2.75) is 13.8 Å². The van der Waals surface area contributed by atoms with E-state index in [9.17, 15) is 9.18 Å². The summed E-state index contributed by atoms with van der Waals surface area (Å²) in [5, 5.41) is 8.99. The molecule has 9 heteroatoms. The van der Waals surface area contributed by atoms with Crippen LogP contribution in [0.25, 0.3) is 0 Å². The van der Waals surface area contributed by atoms with Gasteiger partial charge in [0.15, 0.2) is 17.5 Å². The fraction of sp³-hybridized carbons (Fsp3) is 0.333. The first-order valence-electron chi connectivity index (χ1n) is 9.47. The van der Waals surface area contributed by atoms with E-state index in [1.807, 2.05) is 32.0 Å². The summed E-state index contributed by atoms with van der Waals surface area (Å²) in [7, 11) is 1.59. The lowest BCUT2D eigenvalue weighted by molar-refractivity contribution is 0.0951. The Balaban J connectivity index is 0.00000450. The largest absolute Gasteiger partial charge is 0.493 e. The van der Waals surface area contributed by atoms with Gasteiger partial charge in [-0.1, -0.05) is 12.1 Å². The van der Waals surface area contributed by atoms with Gasteiger partial charge in [0.1, 0.15) is 5.82 Å². The lowest BCUT2D eigenvalue weighted by atomic mass is 10.2. The summed E-state index contributed by atoms with van der Waals surface area (Å²) in [6.07, 6.45) is 0. The van der Waals surface area contributed by atoms with E-state index in [1.165, 1.54) is 12.1 Å². The molecule has 0 spiro atoms. The molecule has 0 aliphatic carbocycles. The maximum absolute atomic E-state index is 13.6. The molecule has 0 aliphatic rings. The van der Waals surface area contributed by atoms with Crippen molar-refractivity contribution in [3.05, 3.63) is 53.8 Å². The standard InChI is InChI=1S/C21H27FN4O3.HI/c1-4-23-21(26-15-10-11-18(28-3)19(14-15)29-5-2)25-13-12-24-20(27)16-8-6-7-9-17(16)22;/h6-11,14H,4-5,12-13H2,1-3H3,(H,24,27)(H2,23,25,26);1H. The van der Waals surface area contributed by atoms with Crippen LogP contribution in [0.1, 0.15) is 24.2 Å². The minimum Gasteiger partial charge on any atom is -0.493 e. The third kappa shape index (κ3) is 7.69. The monoisotopic (exact) mass is 530 g/mol. The second-order valence-corrected chi connectivity index (χ2v) is 5.92. The lowest BCUT2D eigenvalue weighted by Gasteiger charge is -2.14. The molecule has 2 aromatic rings. The van der Waals surface area contributed by atoms with Gasteiger partial charge in [-0.25, -0.2) is 4.39 Å². The molecular weight excluding hydrogens is 502 g/mol. The minimum atomic E-state index is -0.548. The van der Waals surface area contributed by atoms with E-state index >= 15 is 0 Å². The first kappa shape index (κ1) is 25.5. The normalized spacial score (nSPS) is 10.6. The molecule has 0 aliphatic heterocycles. The van der Waals surface area contributed by atoms with E-state index in [0.717, 1.165) is 5.69 Å². The van der Waals surface area contributed by atoms with E-state index in [4.69, 9.17) is 9.47 Å². The Kier molecular flexibility index (Phi) is 11.6. The number of aliphatic imine (C=N–C) groups is 1. The average Bonchev–Trinajstić information content (AvgIpc) is 2.72. The van der Waals surface area contributed by atoms with Gasteiger partial charge < -0.3 is 25.4 Å². The highest BCUT2D eigenvalue weighted by Gasteiger charge is 2.10. The van der Waals surface area contributed by atoms with Crippen LogP contribution >= 0.6 is 24.0 Å². The Labute approximate surface area is 193 Å². The second-order valence-electron chi connectivity index (χ2n) is 5.92. The molecule has 2 aromatic carbocycles. The maximum Gasteiger partial charge on any atom is 0.254 e. The van der Waals surface area contributed by atoms with E-state index in [0.29, 0.717) is 37.2 Å². The molecule has 0 unspecified atom stereocenters. The van der Waals surface area contributed by atoms with Crippen molar-refractivity contribution in [1.29, 1.82) is 0 Å². The van der Waals surface area contributed by atoms with E-state index in [2.05, 4.69) is 20.9 Å². The zero-order valence-corrected chi connectivity index (χ0v) is 19.7. The summed E-state index contributed by atoms with van der Waals surface area (Å²) in [4.78, 5) is 16.5. The van der Waals surface area contributed by atoms with Crippen LogP contribution in [0.15, 0.2) is 47.5 Å². The van der Waals surface area contributed by atoms with E-state index < -0.39 is 11.7 Å². The average molecular weight is 530 g/mol. The first-order valence-corrected chi connectivity index (χ1v) is 9.47. The molecule has 0 heterocycles. The van der Waals surface area contributed by atoms with Crippen molar-refractivity contribution in [3.8, 4) is 11.5 Å². The number of methoxy groups -OCH3 is 1. The molecule has 0 bridgehead atoms. The van der Waals surface area contributed by atoms with Crippen LogP contribution in [0, 0.1) is 5.82 Å². The Morgan fingerprint density at radius 3 is 2.53 bits per heavy atom. The number of anilines is 1. The van der Waals surface area contributed by atoms with Gasteiger partial charge in [0.25, 0.3) is 5.91 Å². The SMILES string of the molecule is CCNC(=NCCNC(=O)c1ccccc1F)Nc1ccc(OC)c(OCC)c1.I. The van der Waals surface area contributed by atoms with Gasteiger partial charge in [0.2, 0.25) is 0 Å². The van der Waals surface area contributed by atoms with Crippen molar-refractivity contribution >= 4 is 41.5 Å². The lowest BCUT2D eigenvalue weighted by Crippen LogP contribution is -2.32. The fourth-order valence-electron chi connectivity index (χ4n) is 2.54. The molecule has 0 aromatic heterocycles. The zero-order valence-electron chi connectivity index (χ0n) is 17.3. The Bertz CT molecular complexity index is 849. The molecular formula is C21H28FIN4O3. The summed E-state index contributed by atoms with van der Waals surface area (Å²) in [5.41, 5.74) is 0.799. The van der Waals surface area contributed by atoms with Gasteiger partial charge in [-0.3, -0.25) is 9.79 Å². The van der Waals surface area contributed by atoms with Crippen LogP contribution in [0.3, 0.4) is 0 Å². The number of amides is 1. The van der Waals surface area contributed by atoms with Crippen LogP contribution in [0.4, 0.5) is 10.1 Å². The number of nitrogens with one attached hydrogen (secondary N) is 3.